The monoisotopic (exact) mass is 386 g/mol. The molecule has 0 unspecified atom stereocenters. The number of rotatable bonds is 8. The topological polar surface area (TPSA) is 102 Å². The second-order valence-corrected chi connectivity index (χ2v) is 5.90. The van der Waals surface area contributed by atoms with Gasteiger partial charge in [0, 0.05) is 23.4 Å². The van der Waals surface area contributed by atoms with Crippen LogP contribution in [0.3, 0.4) is 0 Å². The van der Waals surface area contributed by atoms with Gasteiger partial charge >= 0.3 is 5.97 Å². The number of nitrogens with one attached hydrogen (secondary N) is 2. The van der Waals surface area contributed by atoms with Gasteiger partial charge in [-0.25, -0.2) is 4.39 Å². The molecule has 0 fully saturated rings. The molecule has 0 atom stereocenters. The van der Waals surface area contributed by atoms with Gasteiger partial charge in [0.15, 0.2) is 12.4 Å². The van der Waals surface area contributed by atoms with E-state index in [1.54, 1.807) is 24.3 Å². The number of amides is 2. The molecule has 8 heteroatoms. The van der Waals surface area contributed by atoms with E-state index in [0.717, 1.165) is 0 Å². The summed E-state index contributed by atoms with van der Waals surface area (Å²) in [5.41, 5.74) is 1.40. The van der Waals surface area contributed by atoms with Gasteiger partial charge in [-0.1, -0.05) is 0 Å². The zero-order chi connectivity index (χ0) is 20.5. The standard InChI is InChI=1S/C20H19FN2O5/c1-13(24)14-2-6-16(7-3-14)22-18(25)10-11-20(27)28-12-19(26)23-17-8-4-15(21)5-9-17/h2-9H,10-12H2,1H3,(H,22,25)(H,23,26). The van der Waals surface area contributed by atoms with Gasteiger partial charge in [-0.2, -0.15) is 0 Å². The van der Waals surface area contributed by atoms with Crippen LogP contribution < -0.4 is 10.6 Å². The number of benzene rings is 2. The van der Waals surface area contributed by atoms with Crippen LogP contribution in [0.1, 0.15) is 30.1 Å². The van der Waals surface area contributed by atoms with Crippen molar-refractivity contribution in [2.75, 3.05) is 17.2 Å². The number of ketones is 1. The second-order valence-electron chi connectivity index (χ2n) is 5.90. The molecule has 0 saturated carbocycles. The fraction of sp³-hybridized carbons (Fsp3) is 0.200. The molecule has 2 N–H and O–H groups in total. The maximum atomic E-state index is 12.8. The van der Waals surface area contributed by atoms with Crippen LogP contribution in [0.2, 0.25) is 0 Å². The molecule has 0 heterocycles. The van der Waals surface area contributed by atoms with Crippen molar-refractivity contribution in [2.24, 2.45) is 0 Å². The van der Waals surface area contributed by atoms with Crippen molar-refractivity contribution in [3.63, 3.8) is 0 Å². The maximum absolute atomic E-state index is 12.8. The molecular formula is C20H19FN2O5. The molecule has 2 amide bonds. The molecule has 0 aliphatic rings. The number of carbonyl (C=O) groups excluding carboxylic acids is 4. The molecule has 146 valence electrons. The number of carbonyl (C=O) groups is 4. The number of hydrogen-bond acceptors (Lipinski definition) is 5. The Morgan fingerprint density at radius 2 is 1.36 bits per heavy atom. The highest BCUT2D eigenvalue weighted by molar-refractivity contribution is 5.96. The summed E-state index contributed by atoms with van der Waals surface area (Å²) in [5.74, 6) is -2.18. The molecule has 0 spiro atoms. The minimum absolute atomic E-state index is 0.0795. The number of ether oxygens (including phenoxy) is 1. The lowest BCUT2D eigenvalue weighted by Crippen LogP contribution is -2.21. The van der Waals surface area contributed by atoms with E-state index in [0.29, 0.717) is 16.9 Å². The molecule has 0 aromatic heterocycles. The Kier molecular flexibility index (Phi) is 7.38. The van der Waals surface area contributed by atoms with Crippen molar-refractivity contribution in [3.05, 3.63) is 59.9 Å². The average Bonchev–Trinajstić information content (AvgIpc) is 2.67. The predicted octanol–water partition coefficient (Wildman–Crippen LogP) is 2.93. The molecule has 0 bridgehead atoms. The van der Waals surface area contributed by atoms with E-state index >= 15 is 0 Å². The first kappa shape index (κ1) is 20.8. The lowest BCUT2D eigenvalue weighted by atomic mass is 10.1. The summed E-state index contributed by atoms with van der Waals surface area (Å²) >= 11 is 0. The Hall–Kier alpha value is -3.55. The van der Waals surface area contributed by atoms with E-state index in [1.807, 2.05) is 0 Å². The third kappa shape index (κ3) is 6.99. The zero-order valence-electron chi connectivity index (χ0n) is 15.2. The van der Waals surface area contributed by atoms with Crippen molar-refractivity contribution in [1.29, 1.82) is 0 Å². The molecule has 2 rings (SSSR count). The summed E-state index contributed by atoms with van der Waals surface area (Å²) in [5, 5.41) is 5.05. The van der Waals surface area contributed by atoms with Crippen LogP contribution in [0.25, 0.3) is 0 Å². The third-order valence-corrected chi connectivity index (χ3v) is 3.62. The fourth-order valence-electron chi connectivity index (χ4n) is 2.18. The van der Waals surface area contributed by atoms with Crippen LogP contribution >= 0.6 is 0 Å². The lowest BCUT2D eigenvalue weighted by Gasteiger charge is -2.07. The summed E-state index contributed by atoms with van der Waals surface area (Å²) in [6.45, 7) is 0.934. The first-order chi connectivity index (χ1) is 13.3. The highest BCUT2D eigenvalue weighted by Crippen LogP contribution is 2.11. The maximum Gasteiger partial charge on any atom is 0.306 e. The minimum Gasteiger partial charge on any atom is -0.456 e. The van der Waals surface area contributed by atoms with Crippen LogP contribution in [0.4, 0.5) is 15.8 Å². The van der Waals surface area contributed by atoms with Crippen LogP contribution in [-0.2, 0) is 19.1 Å². The summed E-state index contributed by atoms with van der Waals surface area (Å²) in [6.07, 6.45) is -0.311. The van der Waals surface area contributed by atoms with Crippen molar-refractivity contribution < 1.29 is 28.3 Å². The minimum atomic E-state index is -0.698. The Bertz CT molecular complexity index is 863. The van der Waals surface area contributed by atoms with Gasteiger partial charge in [-0.3, -0.25) is 19.2 Å². The number of hydrogen-bond donors (Lipinski definition) is 2. The fourth-order valence-corrected chi connectivity index (χ4v) is 2.18. The molecule has 2 aromatic carbocycles. The second kappa shape index (κ2) is 9.96. The van der Waals surface area contributed by atoms with Crippen LogP contribution in [-0.4, -0.2) is 30.2 Å². The number of halogens is 1. The first-order valence-corrected chi connectivity index (χ1v) is 8.45. The van der Waals surface area contributed by atoms with E-state index in [2.05, 4.69) is 10.6 Å². The van der Waals surface area contributed by atoms with E-state index in [-0.39, 0.29) is 18.6 Å². The smallest absolute Gasteiger partial charge is 0.306 e. The number of esters is 1. The Morgan fingerprint density at radius 3 is 1.93 bits per heavy atom. The number of anilines is 2. The van der Waals surface area contributed by atoms with E-state index < -0.39 is 30.2 Å². The van der Waals surface area contributed by atoms with Crippen LogP contribution in [0.15, 0.2) is 48.5 Å². The average molecular weight is 386 g/mol. The highest BCUT2D eigenvalue weighted by atomic mass is 19.1. The molecule has 2 aromatic rings. The van der Waals surface area contributed by atoms with Gasteiger partial charge in [-0.05, 0) is 55.5 Å². The van der Waals surface area contributed by atoms with E-state index in [9.17, 15) is 23.6 Å². The van der Waals surface area contributed by atoms with E-state index in [1.165, 1.54) is 31.2 Å². The van der Waals surface area contributed by atoms with Crippen molar-refractivity contribution in [2.45, 2.75) is 19.8 Å². The van der Waals surface area contributed by atoms with Gasteiger partial charge in [0.25, 0.3) is 5.91 Å². The lowest BCUT2D eigenvalue weighted by molar-refractivity contribution is -0.147. The van der Waals surface area contributed by atoms with Gasteiger partial charge in [0.05, 0.1) is 6.42 Å². The third-order valence-electron chi connectivity index (χ3n) is 3.62. The highest BCUT2D eigenvalue weighted by Gasteiger charge is 2.11. The van der Waals surface area contributed by atoms with Crippen molar-refractivity contribution >= 4 is 34.9 Å². The normalized spacial score (nSPS) is 10.1. The molecule has 0 radical (unpaired) electrons. The molecule has 0 aliphatic carbocycles. The van der Waals surface area contributed by atoms with E-state index in [4.69, 9.17) is 4.74 Å². The van der Waals surface area contributed by atoms with Gasteiger partial charge in [0.2, 0.25) is 5.91 Å². The van der Waals surface area contributed by atoms with Gasteiger partial charge < -0.3 is 15.4 Å². The Morgan fingerprint density at radius 1 is 0.821 bits per heavy atom. The summed E-state index contributed by atoms with van der Waals surface area (Å²) in [7, 11) is 0. The quantitative estimate of drug-likeness (QED) is 0.537. The number of Topliss-reactive ketones (excluding diaryl/α,β-unsaturated/α-hetero) is 1. The molecule has 7 nitrogen and oxygen atoms in total. The molecule has 0 aliphatic heterocycles. The van der Waals surface area contributed by atoms with Gasteiger partial charge in [0.1, 0.15) is 5.82 Å². The molecule has 0 saturated heterocycles. The SMILES string of the molecule is CC(=O)c1ccc(NC(=O)CCC(=O)OCC(=O)Nc2ccc(F)cc2)cc1. The summed E-state index contributed by atoms with van der Waals surface area (Å²) in [4.78, 5) is 46.4. The molecular weight excluding hydrogens is 367 g/mol. The zero-order valence-corrected chi connectivity index (χ0v) is 15.2. The predicted molar refractivity (Wildman–Crippen MR) is 100 cm³/mol. The Balaban J connectivity index is 1.68. The van der Waals surface area contributed by atoms with Crippen molar-refractivity contribution in [1.82, 2.24) is 0 Å². The molecule has 28 heavy (non-hydrogen) atoms. The van der Waals surface area contributed by atoms with Crippen LogP contribution in [0, 0.1) is 5.82 Å². The largest absolute Gasteiger partial charge is 0.456 e. The van der Waals surface area contributed by atoms with Crippen LogP contribution in [0.5, 0.6) is 0 Å². The Labute approximate surface area is 160 Å². The van der Waals surface area contributed by atoms with Gasteiger partial charge in [-0.15, -0.1) is 0 Å². The summed E-state index contributed by atoms with van der Waals surface area (Å²) in [6, 6.07) is 11.5. The van der Waals surface area contributed by atoms with Crippen molar-refractivity contribution in [3.8, 4) is 0 Å². The first-order valence-electron chi connectivity index (χ1n) is 8.45. The summed E-state index contributed by atoms with van der Waals surface area (Å²) < 4.78 is 17.6.